The van der Waals surface area contributed by atoms with Gasteiger partial charge in [-0.05, 0) is 42.5 Å². The molecule has 0 bridgehead atoms. The number of nitrogens with zero attached hydrogens (tertiary/aromatic N) is 4. The molecule has 5 aromatic rings. The molecule has 25 heavy (non-hydrogen) atoms. The zero-order valence-electron chi connectivity index (χ0n) is 12.9. The molecule has 0 fully saturated rings. The standard InChI is InChI=1S/C19H11BrN4O/c20-12-8-9-16-15(11-12)19(25)24-18(22-16)14-7-4-10-21-17(14)23(24)13-5-2-1-3-6-13/h1-11H. The molecule has 5 rings (SSSR count). The molecule has 5 nitrogen and oxygen atoms in total. The van der Waals surface area contributed by atoms with Crippen LogP contribution in [0.1, 0.15) is 0 Å². The van der Waals surface area contributed by atoms with E-state index in [1.807, 2.05) is 59.3 Å². The maximum absolute atomic E-state index is 13.3. The third kappa shape index (κ3) is 2.04. The molecule has 0 aliphatic rings. The minimum absolute atomic E-state index is 0.122. The van der Waals surface area contributed by atoms with Gasteiger partial charge in [0.25, 0.3) is 5.56 Å². The number of benzene rings is 2. The van der Waals surface area contributed by atoms with Crippen LogP contribution in [0, 0.1) is 0 Å². The van der Waals surface area contributed by atoms with E-state index in [-0.39, 0.29) is 5.56 Å². The first-order valence-electron chi connectivity index (χ1n) is 7.77. The molecule has 0 saturated heterocycles. The second kappa shape index (κ2) is 5.26. The summed E-state index contributed by atoms with van der Waals surface area (Å²) in [5.74, 6) is 0. The normalized spacial score (nSPS) is 11.6. The highest BCUT2D eigenvalue weighted by Crippen LogP contribution is 2.24. The zero-order valence-corrected chi connectivity index (χ0v) is 14.5. The van der Waals surface area contributed by atoms with Crippen molar-refractivity contribution in [1.82, 2.24) is 19.2 Å². The number of aromatic nitrogens is 4. The van der Waals surface area contributed by atoms with Crippen molar-refractivity contribution in [2.24, 2.45) is 0 Å². The molecule has 0 radical (unpaired) electrons. The van der Waals surface area contributed by atoms with Gasteiger partial charge in [0.15, 0.2) is 11.3 Å². The minimum atomic E-state index is -0.122. The van der Waals surface area contributed by atoms with Gasteiger partial charge in [-0.15, -0.1) is 0 Å². The Labute approximate surface area is 150 Å². The van der Waals surface area contributed by atoms with Crippen molar-refractivity contribution in [3.63, 3.8) is 0 Å². The monoisotopic (exact) mass is 390 g/mol. The van der Waals surface area contributed by atoms with Gasteiger partial charge in [-0.25, -0.2) is 14.6 Å². The maximum atomic E-state index is 13.3. The number of fused-ring (bicyclic) bond motifs is 4. The average molecular weight is 391 g/mol. The van der Waals surface area contributed by atoms with Gasteiger partial charge in [0, 0.05) is 10.7 Å². The molecular formula is C19H11BrN4O. The smallest absolute Gasteiger partial charge is 0.267 e. The molecule has 2 aromatic carbocycles. The first kappa shape index (κ1) is 14.4. The Morgan fingerprint density at radius 2 is 1.72 bits per heavy atom. The summed E-state index contributed by atoms with van der Waals surface area (Å²) in [5, 5.41) is 1.40. The molecular weight excluding hydrogens is 380 g/mol. The van der Waals surface area contributed by atoms with Gasteiger partial charge < -0.3 is 0 Å². The molecule has 3 aromatic heterocycles. The first-order chi connectivity index (χ1) is 12.2. The van der Waals surface area contributed by atoms with Crippen LogP contribution in [-0.4, -0.2) is 19.2 Å². The van der Waals surface area contributed by atoms with Crippen LogP contribution in [0.4, 0.5) is 0 Å². The predicted octanol–water partition coefficient (Wildman–Crippen LogP) is 3.95. The van der Waals surface area contributed by atoms with Crippen LogP contribution in [0.2, 0.25) is 0 Å². The summed E-state index contributed by atoms with van der Waals surface area (Å²) in [6.45, 7) is 0. The summed E-state index contributed by atoms with van der Waals surface area (Å²) >= 11 is 3.43. The summed E-state index contributed by atoms with van der Waals surface area (Å²) in [6, 6.07) is 19.1. The van der Waals surface area contributed by atoms with Crippen molar-refractivity contribution in [1.29, 1.82) is 0 Å². The van der Waals surface area contributed by atoms with Gasteiger partial charge in [0.2, 0.25) is 0 Å². The lowest BCUT2D eigenvalue weighted by atomic mass is 10.2. The van der Waals surface area contributed by atoms with Crippen molar-refractivity contribution in [3.8, 4) is 5.69 Å². The molecule has 0 saturated carbocycles. The average Bonchev–Trinajstić information content (AvgIpc) is 2.98. The number of pyridine rings is 1. The van der Waals surface area contributed by atoms with E-state index in [1.165, 1.54) is 0 Å². The Balaban J connectivity index is 2.09. The molecule has 0 N–H and O–H groups in total. The second-order valence-corrected chi connectivity index (χ2v) is 6.65. The maximum Gasteiger partial charge on any atom is 0.281 e. The quantitative estimate of drug-likeness (QED) is 0.435. The number of hydrogen-bond acceptors (Lipinski definition) is 3. The lowest BCUT2D eigenvalue weighted by Crippen LogP contribution is -2.21. The van der Waals surface area contributed by atoms with Gasteiger partial charge in [-0.3, -0.25) is 4.79 Å². The fraction of sp³-hybridized carbons (Fsp3) is 0. The van der Waals surface area contributed by atoms with E-state index >= 15 is 0 Å². The molecule has 0 aliphatic carbocycles. The van der Waals surface area contributed by atoms with Crippen LogP contribution >= 0.6 is 15.9 Å². The minimum Gasteiger partial charge on any atom is -0.267 e. The van der Waals surface area contributed by atoms with E-state index in [2.05, 4.69) is 20.9 Å². The summed E-state index contributed by atoms with van der Waals surface area (Å²) in [4.78, 5) is 22.5. The Bertz CT molecular complexity index is 1320. The summed E-state index contributed by atoms with van der Waals surface area (Å²) in [7, 11) is 0. The molecule has 0 spiro atoms. The highest BCUT2D eigenvalue weighted by molar-refractivity contribution is 9.10. The number of halogens is 1. The van der Waals surface area contributed by atoms with Crippen LogP contribution < -0.4 is 5.56 Å². The summed E-state index contributed by atoms with van der Waals surface area (Å²) in [5.41, 5.74) is 2.71. The number of rotatable bonds is 1. The predicted molar refractivity (Wildman–Crippen MR) is 101 cm³/mol. The molecule has 0 amide bonds. The van der Waals surface area contributed by atoms with Gasteiger partial charge in [-0.1, -0.05) is 34.1 Å². The molecule has 0 atom stereocenters. The van der Waals surface area contributed by atoms with Crippen molar-refractivity contribution in [3.05, 3.63) is 81.7 Å². The van der Waals surface area contributed by atoms with Crippen molar-refractivity contribution >= 4 is 43.5 Å². The highest BCUT2D eigenvalue weighted by Gasteiger charge is 2.17. The third-order valence-corrected chi connectivity index (χ3v) is 4.73. The molecule has 0 aliphatic heterocycles. The topological polar surface area (TPSA) is 52.2 Å². The zero-order chi connectivity index (χ0) is 17.0. The lowest BCUT2D eigenvalue weighted by molar-refractivity contribution is 0.786. The van der Waals surface area contributed by atoms with Crippen molar-refractivity contribution < 1.29 is 0 Å². The van der Waals surface area contributed by atoms with E-state index in [1.54, 1.807) is 16.8 Å². The van der Waals surface area contributed by atoms with Gasteiger partial charge in [0.05, 0.1) is 22.0 Å². The van der Waals surface area contributed by atoms with E-state index in [0.717, 1.165) is 15.5 Å². The van der Waals surface area contributed by atoms with Gasteiger partial charge in [-0.2, -0.15) is 4.52 Å². The molecule has 6 heteroatoms. The van der Waals surface area contributed by atoms with E-state index in [9.17, 15) is 4.79 Å². The molecule has 120 valence electrons. The summed E-state index contributed by atoms with van der Waals surface area (Å²) < 4.78 is 4.27. The summed E-state index contributed by atoms with van der Waals surface area (Å²) in [6.07, 6.45) is 1.72. The van der Waals surface area contributed by atoms with Crippen LogP contribution in [0.5, 0.6) is 0 Å². The lowest BCUT2D eigenvalue weighted by Gasteiger charge is -2.07. The number of hydrogen-bond donors (Lipinski definition) is 0. The van der Waals surface area contributed by atoms with Crippen LogP contribution in [0.3, 0.4) is 0 Å². The van der Waals surface area contributed by atoms with E-state index in [0.29, 0.717) is 22.2 Å². The first-order valence-corrected chi connectivity index (χ1v) is 8.56. The fourth-order valence-electron chi connectivity index (χ4n) is 3.15. The Morgan fingerprint density at radius 3 is 2.56 bits per heavy atom. The SMILES string of the molecule is O=c1c2cc(Br)ccc2nc2c3cccnc3n(-c3ccccc3)n12. The number of para-hydroxylation sites is 1. The second-order valence-electron chi connectivity index (χ2n) is 5.74. The van der Waals surface area contributed by atoms with Crippen molar-refractivity contribution in [2.45, 2.75) is 0 Å². The molecule has 0 unspecified atom stereocenters. The van der Waals surface area contributed by atoms with Gasteiger partial charge >= 0.3 is 0 Å². The van der Waals surface area contributed by atoms with Crippen LogP contribution in [-0.2, 0) is 0 Å². The third-order valence-electron chi connectivity index (χ3n) is 4.24. The van der Waals surface area contributed by atoms with Crippen LogP contribution in [0.25, 0.3) is 33.3 Å². The molecule has 3 heterocycles. The van der Waals surface area contributed by atoms with E-state index < -0.39 is 0 Å². The largest absolute Gasteiger partial charge is 0.281 e. The van der Waals surface area contributed by atoms with Crippen LogP contribution in [0.15, 0.2) is 76.1 Å². The van der Waals surface area contributed by atoms with Crippen molar-refractivity contribution in [2.75, 3.05) is 0 Å². The van der Waals surface area contributed by atoms with Gasteiger partial charge in [0.1, 0.15) is 0 Å². The highest BCUT2D eigenvalue weighted by atomic mass is 79.9. The fourth-order valence-corrected chi connectivity index (χ4v) is 3.51. The Hall–Kier alpha value is -2.99. The van der Waals surface area contributed by atoms with E-state index in [4.69, 9.17) is 4.98 Å². The Kier molecular flexibility index (Phi) is 3.02. The Morgan fingerprint density at radius 1 is 0.880 bits per heavy atom.